The van der Waals surface area contributed by atoms with Gasteiger partial charge >= 0.3 is 0 Å². The highest BCUT2D eigenvalue weighted by Crippen LogP contribution is 2.20. The molecule has 2 heterocycles. The summed E-state index contributed by atoms with van der Waals surface area (Å²) in [5.74, 6) is 0. The van der Waals surface area contributed by atoms with Gasteiger partial charge in [0.2, 0.25) is 0 Å². The van der Waals surface area contributed by atoms with E-state index in [0.29, 0.717) is 6.54 Å². The molecule has 0 aromatic carbocycles. The van der Waals surface area contributed by atoms with Gasteiger partial charge in [0, 0.05) is 11.4 Å². The van der Waals surface area contributed by atoms with Crippen LogP contribution >= 0.6 is 11.3 Å². The van der Waals surface area contributed by atoms with Crippen LogP contribution in [0.5, 0.6) is 0 Å². The van der Waals surface area contributed by atoms with Gasteiger partial charge in [-0.25, -0.2) is 0 Å². The molecule has 2 aromatic rings. The Morgan fingerprint density at radius 1 is 1.27 bits per heavy atom. The Hall–Kier alpha value is -1.06. The molecule has 15 heavy (non-hydrogen) atoms. The van der Waals surface area contributed by atoms with Crippen LogP contribution in [0.25, 0.3) is 0 Å². The van der Waals surface area contributed by atoms with Crippen LogP contribution in [0.3, 0.4) is 0 Å². The largest absolute Gasteiger partial charge is 0.387 e. The number of aromatic nitrogens is 1. The molecule has 0 aliphatic rings. The minimum atomic E-state index is -0.402. The highest BCUT2D eigenvalue weighted by Gasteiger charge is 2.10. The van der Waals surface area contributed by atoms with Crippen molar-refractivity contribution >= 4 is 11.3 Å². The molecule has 0 aliphatic carbocycles. The average Bonchev–Trinajstić information content (AvgIpc) is 2.82. The molecule has 0 fully saturated rings. The zero-order valence-electron chi connectivity index (χ0n) is 8.97. The summed E-state index contributed by atoms with van der Waals surface area (Å²) in [4.78, 5) is 0. The maximum Gasteiger partial charge on any atom is 0.0976 e. The number of hydrogen-bond acceptors (Lipinski definition) is 2. The van der Waals surface area contributed by atoms with Crippen molar-refractivity contribution in [3.8, 4) is 0 Å². The molecule has 3 heteroatoms. The Labute approximate surface area is 93.8 Å². The molecule has 80 valence electrons. The minimum absolute atomic E-state index is 0.402. The van der Waals surface area contributed by atoms with Crippen molar-refractivity contribution in [1.82, 2.24) is 4.57 Å². The lowest BCUT2D eigenvalue weighted by Crippen LogP contribution is -2.10. The standard InChI is InChI=1S/C12H15NOS/c1-9-3-4-10(2)13(9)7-12(14)11-5-6-15-8-11/h3-6,8,12,14H,7H2,1-2H3. The molecule has 0 saturated heterocycles. The highest BCUT2D eigenvalue weighted by atomic mass is 32.1. The van der Waals surface area contributed by atoms with Crippen molar-refractivity contribution in [2.24, 2.45) is 0 Å². The van der Waals surface area contributed by atoms with Crippen LogP contribution in [0.4, 0.5) is 0 Å². The first-order chi connectivity index (χ1) is 7.18. The van der Waals surface area contributed by atoms with Gasteiger partial charge in [-0.2, -0.15) is 11.3 Å². The zero-order valence-corrected chi connectivity index (χ0v) is 9.79. The molecule has 0 spiro atoms. The van der Waals surface area contributed by atoms with E-state index >= 15 is 0 Å². The molecule has 0 radical (unpaired) electrons. The number of rotatable bonds is 3. The SMILES string of the molecule is Cc1ccc(C)n1CC(O)c1ccsc1. The van der Waals surface area contributed by atoms with Gasteiger partial charge < -0.3 is 9.67 Å². The van der Waals surface area contributed by atoms with Gasteiger partial charge in [0.1, 0.15) is 0 Å². The third kappa shape index (κ3) is 2.13. The number of aliphatic hydroxyl groups excluding tert-OH is 1. The van der Waals surface area contributed by atoms with Gasteiger partial charge in [-0.3, -0.25) is 0 Å². The molecule has 0 aliphatic heterocycles. The number of hydrogen-bond donors (Lipinski definition) is 1. The van der Waals surface area contributed by atoms with Crippen molar-refractivity contribution in [1.29, 1.82) is 0 Å². The Morgan fingerprint density at radius 3 is 2.47 bits per heavy atom. The molecular weight excluding hydrogens is 206 g/mol. The van der Waals surface area contributed by atoms with Crippen LogP contribution in [-0.4, -0.2) is 9.67 Å². The Bertz CT molecular complexity index is 411. The molecule has 1 N–H and O–H groups in total. The molecule has 0 bridgehead atoms. The third-order valence-corrected chi connectivity index (χ3v) is 3.40. The van der Waals surface area contributed by atoms with E-state index in [1.807, 2.05) is 16.8 Å². The van der Waals surface area contributed by atoms with Crippen molar-refractivity contribution in [3.05, 3.63) is 45.9 Å². The van der Waals surface area contributed by atoms with E-state index in [4.69, 9.17) is 0 Å². The summed E-state index contributed by atoms with van der Waals surface area (Å²) in [5, 5.41) is 14.0. The smallest absolute Gasteiger partial charge is 0.0976 e. The van der Waals surface area contributed by atoms with Gasteiger partial charge in [0.25, 0.3) is 0 Å². The lowest BCUT2D eigenvalue weighted by molar-refractivity contribution is 0.155. The average molecular weight is 221 g/mol. The summed E-state index contributed by atoms with van der Waals surface area (Å²) in [7, 11) is 0. The van der Waals surface area contributed by atoms with Gasteiger partial charge in [-0.05, 0) is 48.4 Å². The molecule has 2 rings (SSSR count). The minimum Gasteiger partial charge on any atom is -0.387 e. The second kappa shape index (κ2) is 4.21. The quantitative estimate of drug-likeness (QED) is 0.847. The fourth-order valence-electron chi connectivity index (χ4n) is 1.73. The van der Waals surface area contributed by atoms with Gasteiger partial charge in [0.15, 0.2) is 0 Å². The van der Waals surface area contributed by atoms with Gasteiger partial charge in [-0.15, -0.1) is 0 Å². The van der Waals surface area contributed by atoms with E-state index in [-0.39, 0.29) is 0 Å². The molecule has 1 atom stereocenters. The lowest BCUT2D eigenvalue weighted by atomic mass is 10.2. The normalized spacial score (nSPS) is 13.0. The van der Waals surface area contributed by atoms with E-state index in [2.05, 4.69) is 30.5 Å². The summed E-state index contributed by atoms with van der Waals surface area (Å²) in [5.41, 5.74) is 3.40. The first-order valence-electron chi connectivity index (χ1n) is 5.01. The van der Waals surface area contributed by atoms with Crippen molar-refractivity contribution < 1.29 is 5.11 Å². The Kier molecular flexibility index (Phi) is 2.93. The summed E-state index contributed by atoms with van der Waals surface area (Å²) < 4.78 is 2.14. The van der Waals surface area contributed by atoms with E-state index in [0.717, 1.165) is 5.56 Å². The number of nitrogens with zero attached hydrogens (tertiary/aromatic N) is 1. The molecule has 0 saturated carbocycles. The predicted octanol–water partition coefficient (Wildman–Crippen LogP) is 2.90. The van der Waals surface area contributed by atoms with Crippen LogP contribution < -0.4 is 0 Å². The molecule has 2 nitrogen and oxygen atoms in total. The van der Waals surface area contributed by atoms with Crippen molar-refractivity contribution in [2.75, 3.05) is 0 Å². The third-order valence-electron chi connectivity index (χ3n) is 2.70. The first kappa shape index (κ1) is 10.5. The second-order valence-corrected chi connectivity index (χ2v) is 4.58. The summed E-state index contributed by atoms with van der Waals surface area (Å²) in [6, 6.07) is 6.13. The Balaban J connectivity index is 2.16. The topological polar surface area (TPSA) is 25.2 Å². The molecule has 1 unspecified atom stereocenters. The Morgan fingerprint density at radius 2 is 1.93 bits per heavy atom. The maximum absolute atomic E-state index is 10.0. The molecule has 2 aromatic heterocycles. The summed E-state index contributed by atoms with van der Waals surface area (Å²) in [6.07, 6.45) is -0.402. The van der Waals surface area contributed by atoms with Crippen LogP contribution in [0.2, 0.25) is 0 Å². The molecule has 0 amide bonds. The van der Waals surface area contributed by atoms with Crippen molar-refractivity contribution in [2.45, 2.75) is 26.5 Å². The van der Waals surface area contributed by atoms with E-state index in [1.54, 1.807) is 11.3 Å². The number of thiophene rings is 1. The number of aryl methyl sites for hydroxylation is 2. The fraction of sp³-hybridized carbons (Fsp3) is 0.333. The number of aliphatic hydroxyl groups is 1. The zero-order chi connectivity index (χ0) is 10.8. The van der Waals surface area contributed by atoms with Gasteiger partial charge in [-0.1, -0.05) is 0 Å². The monoisotopic (exact) mass is 221 g/mol. The summed E-state index contributed by atoms with van der Waals surface area (Å²) >= 11 is 1.62. The lowest BCUT2D eigenvalue weighted by Gasteiger charge is -2.14. The van der Waals surface area contributed by atoms with Gasteiger partial charge in [0.05, 0.1) is 12.6 Å². The summed E-state index contributed by atoms with van der Waals surface area (Å²) in [6.45, 7) is 4.77. The molecular formula is C12H15NOS. The highest BCUT2D eigenvalue weighted by molar-refractivity contribution is 7.07. The van der Waals surface area contributed by atoms with E-state index in [1.165, 1.54) is 11.4 Å². The van der Waals surface area contributed by atoms with Crippen LogP contribution in [0, 0.1) is 13.8 Å². The van der Waals surface area contributed by atoms with Crippen LogP contribution in [0.15, 0.2) is 29.0 Å². The second-order valence-electron chi connectivity index (χ2n) is 3.80. The van der Waals surface area contributed by atoms with E-state index in [9.17, 15) is 5.11 Å². The van der Waals surface area contributed by atoms with Crippen LogP contribution in [-0.2, 0) is 6.54 Å². The van der Waals surface area contributed by atoms with E-state index < -0.39 is 6.10 Å². The predicted molar refractivity (Wildman–Crippen MR) is 63.2 cm³/mol. The van der Waals surface area contributed by atoms with Crippen LogP contribution in [0.1, 0.15) is 23.1 Å². The first-order valence-corrected chi connectivity index (χ1v) is 5.95. The fourth-order valence-corrected chi connectivity index (χ4v) is 2.44. The van der Waals surface area contributed by atoms with Crippen molar-refractivity contribution in [3.63, 3.8) is 0 Å². The maximum atomic E-state index is 10.0.